The molecule has 0 bridgehead atoms. The number of nitrogens with one attached hydrogen (secondary N) is 1. The lowest BCUT2D eigenvalue weighted by atomic mass is 10.1. The number of nitrogens with zero attached hydrogens (tertiary/aromatic N) is 3. The van der Waals surface area contributed by atoms with E-state index < -0.39 is 10.0 Å². The standard InChI is InChI=1S/C21H34N4O3S/c1-3-22-21(24-15-11-19(12-16-24)28-4-2)23-17-18-7-9-20(10-8-18)29(26,27)25-13-5-6-14-25/h7-10,19H,3-6,11-17H2,1-2H3,(H,22,23). The maximum atomic E-state index is 12.6. The summed E-state index contributed by atoms with van der Waals surface area (Å²) in [6.07, 6.45) is 4.27. The molecule has 162 valence electrons. The number of piperidine rings is 1. The fourth-order valence-corrected chi connectivity index (χ4v) is 5.42. The monoisotopic (exact) mass is 422 g/mol. The van der Waals surface area contributed by atoms with Crippen molar-refractivity contribution >= 4 is 16.0 Å². The van der Waals surface area contributed by atoms with Crippen LogP contribution in [0.2, 0.25) is 0 Å². The molecule has 2 heterocycles. The Bertz CT molecular complexity index is 766. The van der Waals surface area contributed by atoms with E-state index in [9.17, 15) is 8.42 Å². The van der Waals surface area contributed by atoms with Crippen molar-refractivity contribution in [1.82, 2.24) is 14.5 Å². The van der Waals surface area contributed by atoms with Gasteiger partial charge in [0.25, 0.3) is 0 Å². The van der Waals surface area contributed by atoms with Crippen LogP contribution < -0.4 is 5.32 Å². The van der Waals surface area contributed by atoms with Gasteiger partial charge in [0.15, 0.2) is 5.96 Å². The number of benzene rings is 1. The number of hydrogen-bond acceptors (Lipinski definition) is 4. The minimum atomic E-state index is -3.36. The number of hydrogen-bond donors (Lipinski definition) is 1. The Labute approximate surface area is 175 Å². The first-order valence-corrected chi connectivity index (χ1v) is 12.2. The molecule has 7 nitrogen and oxygen atoms in total. The zero-order valence-electron chi connectivity index (χ0n) is 17.6. The minimum absolute atomic E-state index is 0.351. The fourth-order valence-electron chi connectivity index (χ4n) is 3.91. The fraction of sp³-hybridized carbons (Fsp3) is 0.667. The molecular weight excluding hydrogens is 388 g/mol. The minimum Gasteiger partial charge on any atom is -0.378 e. The van der Waals surface area contributed by atoms with Gasteiger partial charge in [-0.1, -0.05) is 12.1 Å². The lowest BCUT2D eigenvalue weighted by Crippen LogP contribution is -2.47. The van der Waals surface area contributed by atoms with Gasteiger partial charge >= 0.3 is 0 Å². The van der Waals surface area contributed by atoms with E-state index in [1.54, 1.807) is 16.4 Å². The Hall–Kier alpha value is -1.64. The molecule has 0 unspecified atom stereocenters. The van der Waals surface area contributed by atoms with Crippen LogP contribution in [0.15, 0.2) is 34.2 Å². The first-order chi connectivity index (χ1) is 14.0. The molecule has 29 heavy (non-hydrogen) atoms. The normalized spacial score (nSPS) is 19.7. The molecule has 0 radical (unpaired) electrons. The smallest absolute Gasteiger partial charge is 0.243 e. The van der Waals surface area contributed by atoms with Crippen molar-refractivity contribution in [3.05, 3.63) is 29.8 Å². The molecule has 0 atom stereocenters. The summed E-state index contributed by atoms with van der Waals surface area (Å²) in [5, 5.41) is 3.37. The largest absolute Gasteiger partial charge is 0.378 e. The Morgan fingerprint density at radius 2 is 1.76 bits per heavy atom. The van der Waals surface area contributed by atoms with Gasteiger partial charge in [0.05, 0.1) is 17.5 Å². The van der Waals surface area contributed by atoms with E-state index in [-0.39, 0.29) is 0 Å². The number of likely N-dealkylation sites (tertiary alicyclic amines) is 1. The van der Waals surface area contributed by atoms with Gasteiger partial charge in [-0.15, -0.1) is 0 Å². The van der Waals surface area contributed by atoms with E-state index in [0.29, 0.717) is 30.6 Å². The molecule has 0 amide bonds. The molecule has 1 aromatic rings. The summed E-state index contributed by atoms with van der Waals surface area (Å²) in [4.78, 5) is 7.43. The third-order valence-electron chi connectivity index (χ3n) is 5.52. The highest BCUT2D eigenvalue weighted by molar-refractivity contribution is 7.89. The topological polar surface area (TPSA) is 74.2 Å². The van der Waals surface area contributed by atoms with Crippen molar-refractivity contribution in [3.63, 3.8) is 0 Å². The van der Waals surface area contributed by atoms with Crippen LogP contribution in [0.5, 0.6) is 0 Å². The van der Waals surface area contributed by atoms with Gasteiger partial charge in [-0.3, -0.25) is 0 Å². The van der Waals surface area contributed by atoms with Crippen molar-refractivity contribution in [2.45, 2.75) is 57.1 Å². The molecule has 8 heteroatoms. The van der Waals surface area contributed by atoms with E-state index in [2.05, 4.69) is 17.1 Å². The molecule has 0 saturated carbocycles. The number of sulfonamides is 1. The van der Waals surface area contributed by atoms with Crippen LogP contribution in [0.3, 0.4) is 0 Å². The van der Waals surface area contributed by atoms with Crippen molar-refractivity contribution < 1.29 is 13.2 Å². The Morgan fingerprint density at radius 3 is 2.34 bits per heavy atom. The maximum Gasteiger partial charge on any atom is 0.243 e. The number of rotatable bonds is 7. The van der Waals surface area contributed by atoms with E-state index >= 15 is 0 Å². The quantitative estimate of drug-likeness (QED) is 0.540. The molecule has 0 aromatic heterocycles. The molecule has 1 aromatic carbocycles. The van der Waals surface area contributed by atoms with Gasteiger partial charge in [0.1, 0.15) is 0 Å². The molecule has 0 spiro atoms. The van der Waals surface area contributed by atoms with Gasteiger partial charge in [-0.2, -0.15) is 4.31 Å². The third kappa shape index (κ3) is 5.71. The zero-order chi connectivity index (χ0) is 20.7. The highest BCUT2D eigenvalue weighted by Gasteiger charge is 2.27. The summed E-state index contributed by atoms with van der Waals surface area (Å²) in [5.41, 5.74) is 1.00. The number of aliphatic imine (C=N–C) groups is 1. The maximum absolute atomic E-state index is 12.6. The summed E-state index contributed by atoms with van der Waals surface area (Å²) >= 11 is 0. The first kappa shape index (κ1) is 22.1. The summed E-state index contributed by atoms with van der Waals surface area (Å²) in [6.45, 7) is 9.34. The van der Waals surface area contributed by atoms with Gasteiger partial charge in [-0.25, -0.2) is 13.4 Å². The Balaban J connectivity index is 1.62. The highest BCUT2D eigenvalue weighted by atomic mass is 32.2. The molecule has 0 aliphatic carbocycles. The van der Waals surface area contributed by atoms with Crippen molar-refractivity contribution in [1.29, 1.82) is 0 Å². The van der Waals surface area contributed by atoms with Gasteiger partial charge < -0.3 is 15.0 Å². The van der Waals surface area contributed by atoms with E-state index in [1.807, 2.05) is 19.1 Å². The molecule has 2 saturated heterocycles. The van der Waals surface area contributed by atoms with Crippen molar-refractivity contribution in [2.75, 3.05) is 39.3 Å². The van der Waals surface area contributed by atoms with Crippen LogP contribution in [0.4, 0.5) is 0 Å². The van der Waals surface area contributed by atoms with Crippen molar-refractivity contribution in [3.8, 4) is 0 Å². The van der Waals surface area contributed by atoms with Gasteiger partial charge in [0, 0.05) is 39.3 Å². The van der Waals surface area contributed by atoms with Crippen LogP contribution in [0, 0.1) is 0 Å². The SMILES string of the molecule is CCNC(=NCc1ccc(S(=O)(=O)N2CCCC2)cc1)N1CCC(OCC)CC1. The van der Waals surface area contributed by atoms with E-state index in [0.717, 1.165) is 63.4 Å². The summed E-state index contributed by atoms with van der Waals surface area (Å²) in [6, 6.07) is 7.16. The zero-order valence-corrected chi connectivity index (χ0v) is 18.5. The molecule has 2 aliphatic rings. The van der Waals surface area contributed by atoms with E-state index in [4.69, 9.17) is 9.73 Å². The second kappa shape index (κ2) is 10.4. The highest BCUT2D eigenvalue weighted by Crippen LogP contribution is 2.21. The third-order valence-corrected chi connectivity index (χ3v) is 7.43. The van der Waals surface area contributed by atoms with Crippen LogP contribution >= 0.6 is 0 Å². The average Bonchev–Trinajstić information content (AvgIpc) is 3.28. The second-order valence-electron chi connectivity index (χ2n) is 7.57. The molecule has 3 rings (SSSR count). The molecule has 2 aliphatic heterocycles. The lowest BCUT2D eigenvalue weighted by Gasteiger charge is -2.34. The Morgan fingerprint density at radius 1 is 1.10 bits per heavy atom. The summed E-state index contributed by atoms with van der Waals surface area (Å²) < 4.78 is 32.6. The van der Waals surface area contributed by atoms with Gasteiger partial charge in [0.2, 0.25) is 10.0 Å². The predicted octanol–water partition coefficient (Wildman–Crippen LogP) is 2.44. The molecule has 1 N–H and O–H groups in total. The van der Waals surface area contributed by atoms with Crippen LogP contribution in [0.25, 0.3) is 0 Å². The average molecular weight is 423 g/mol. The Kier molecular flexibility index (Phi) is 7.91. The second-order valence-corrected chi connectivity index (χ2v) is 9.50. The lowest BCUT2D eigenvalue weighted by molar-refractivity contribution is 0.0263. The first-order valence-electron chi connectivity index (χ1n) is 10.8. The van der Waals surface area contributed by atoms with Crippen LogP contribution in [-0.4, -0.2) is 69.0 Å². The van der Waals surface area contributed by atoms with E-state index in [1.165, 1.54) is 0 Å². The summed E-state index contributed by atoms with van der Waals surface area (Å²) in [7, 11) is -3.36. The predicted molar refractivity (Wildman–Crippen MR) is 115 cm³/mol. The molecular formula is C21H34N4O3S. The van der Waals surface area contributed by atoms with Gasteiger partial charge in [-0.05, 0) is 57.2 Å². The van der Waals surface area contributed by atoms with Crippen LogP contribution in [0.1, 0.15) is 45.1 Å². The van der Waals surface area contributed by atoms with Crippen molar-refractivity contribution in [2.24, 2.45) is 4.99 Å². The van der Waals surface area contributed by atoms with Crippen LogP contribution in [-0.2, 0) is 21.3 Å². The number of guanidine groups is 1. The number of ether oxygens (including phenoxy) is 1. The summed E-state index contributed by atoms with van der Waals surface area (Å²) in [5.74, 6) is 0.913. The molecule has 2 fully saturated rings.